The van der Waals surface area contributed by atoms with Crippen LogP contribution in [0.5, 0.6) is 0 Å². The lowest BCUT2D eigenvalue weighted by molar-refractivity contribution is 0.0950. The molecule has 0 fully saturated rings. The van der Waals surface area contributed by atoms with Crippen molar-refractivity contribution in [3.8, 4) is 11.1 Å². The topological polar surface area (TPSA) is 68.0 Å². The zero-order chi connectivity index (χ0) is 18.0. The minimum atomic E-state index is -0.304. The number of aryl methyl sites for hydroxylation is 1. The molecule has 0 aliphatic carbocycles. The van der Waals surface area contributed by atoms with Gasteiger partial charge in [-0.25, -0.2) is 9.37 Å². The van der Waals surface area contributed by atoms with Crippen molar-refractivity contribution in [1.82, 2.24) is 10.3 Å². The molecule has 1 aromatic heterocycles. The van der Waals surface area contributed by atoms with E-state index in [9.17, 15) is 9.18 Å². The standard InChI is InChI=1S/C20H20FN3O/c1-3-9-23-20(25)19-18(22)14-6-4-5-13(16(14)11-24-19)15-10-12(2)7-8-17(15)21/h4-8,10-11H,3,9,22H2,1-2H3,(H,23,25). The Morgan fingerprint density at radius 2 is 2.00 bits per heavy atom. The van der Waals surface area contributed by atoms with E-state index < -0.39 is 0 Å². The molecule has 3 aromatic rings. The summed E-state index contributed by atoms with van der Waals surface area (Å²) < 4.78 is 14.3. The summed E-state index contributed by atoms with van der Waals surface area (Å²) in [6.07, 6.45) is 2.42. The highest BCUT2D eigenvalue weighted by molar-refractivity contribution is 6.09. The Morgan fingerprint density at radius 3 is 2.76 bits per heavy atom. The number of anilines is 1. The van der Waals surface area contributed by atoms with Gasteiger partial charge >= 0.3 is 0 Å². The Morgan fingerprint density at radius 1 is 1.20 bits per heavy atom. The Balaban J connectivity index is 2.16. The number of hydrogen-bond donors (Lipinski definition) is 2. The van der Waals surface area contributed by atoms with Gasteiger partial charge in [-0.1, -0.05) is 36.8 Å². The molecule has 3 N–H and O–H groups in total. The molecule has 0 spiro atoms. The first-order chi connectivity index (χ1) is 12.0. The van der Waals surface area contributed by atoms with Crippen molar-refractivity contribution in [1.29, 1.82) is 0 Å². The van der Waals surface area contributed by atoms with Crippen molar-refractivity contribution in [2.24, 2.45) is 0 Å². The molecular formula is C20H20FN3O. The number of nitrogens with two attached hydrogens (primary N) is 1. The van der Waals surface area contributed by atoms with Crippen LogP contribution >= 0.6 is 0 Å². The first kappa shape index (κ1) is 16.9. The zero-order valence-corrected chi connectivity index (χ0v) is 14.3. The smallest absolute Gasteiger partial charge is 0.272 e. The Bertz CT molecular complexity index is 953. The Labute approximate surface area is 145 Å². The molecule has 128 valence electrons. The molecule has 0 saturated heterocycles. The maximum absolute atomic E-state index is 14.3. The van der Waals surface area contributed by atoms with Crippen LogP contribution in [0, 0.1) is 12.7 Å². The zero-order valence-electron chi connectivity index (χ0n) is 14.3. The maximum atomic E-state index is 14.3. The first-order valence-corrected chi connectivity index (χ1v) is 8.24. The quantitative estimate of drug-likeness (QED) is 0.754. The number of nitrogens with zero attached hydrogens (tertiary/aromatic N) is 1. The van der Waals surface area contributed by atoms with Crippen LogP contribution in [-0.2, 0) is 0 Å². The van der Waals surface area contributed by atoms with E-state index in [2.05, 4.69) is 10.3 Å². The largest absolute Gasteiger partial charge is 0.396 e. The van der Waals surface area contributed by atoms with E-state index in [0.29, 0.717) is 28.7 Å². The molecule has 1 heterocycles. The lowest BCUT2D eigenvalue weighted by atomic mass is 9.96. The highest BCUT2D eigenvalue weighted by atomic mass is 19.1. The van der Waals surface area contributed by atoms with Crippen LogP contribution in [-0.4, -0.2) is 17.4 Å². The normalized spacial score (nSPS) is 10.8. The summed E-state index contributed by atoms with van der Waals surface area (Å²) in [7, 11) is 0. The number of carbonyl (C=O) groups is 1. The van der Waals surface area contributed by atoms with Gasteiger partial charge in [-0.15, -0.1) is 0 Å². The molecule has 5 heteroatoms. The number of fused-ring (bicyclic) bond motifs is 1. The van der Waals surface area contributed by atoms with Crippen molar-refractivity contribution >= 4 is 22.4 Å². The van der Waals surface area contributed by atoms with E-state index in [1.54, 1.807) is 18.3 Å². The number of pyridine rings is 1. The van der Waals surface area contributed by atoms with Crippen LogP contribution in [0.15, 0.2) is 42.6 Å². The molecule has 25 heavy (non-hydrogen) atoms. The Kier molecular flexibility index (Phi) is 4.65. The van der Waals surface area contributed by atoms with E-state index in [-0.39, 0.29) is 17.4 Å². The van der Waals surface area contributed by atoms with Crippen LogP contribution in [0.3, 0.4) is 0 Å². The molecule has 2 aromatic carbocycles. The van der Waals surface area contributed by atoms with Crippen LogP contribution < -0.4 is 11.1 Å². The number of halogens is 1. The average Bonchev–Trinajstić information content (AvgIpc) is 2.62. The molecule has 0 atom stereocenters. The van der Waals surface area contributed by atoms with E-state index in [1.165, 1.54) is 6.07 Å². The van der Waals surface area contributed by atoms with Gasteiger partial charge in [0, 0.05) is 29.1 Å². The van der Waals surface area contributed by atoms with Crippen LogP contribution in [0.4, 0.5) is 10.1 Å². The van der Waals surface area contributed by atoms with Crippen molar-refractivity contribution in [2.75, 3.05) is 12.3 Å². The monoisotopic (exact) mass is 337 g/mol. The molecule has 0 unspecified atom stereocenters. The van der Waals surface area contributed by atoms with Crippen molar-refractivity contribution in [3.05, 3.63) is 59.7 Å². The number of carbonyl (C=O) groups excluding carboxylic acids is 1. The highest BCUT2D eigenvalue weighted by Crippen LogP contribution is 2.33. The van der Waals surface area contributed by atoms with Gasteiger partial charge in [0.05, 0.1) is 5.69 Å². The summed E-state index contributed by atoms with van der Waals surface area (Å²) in [6, 6.07) is 10.4. The number of rotatable bonds is 4. The number of amides is 1. The van der Waals surface area contributed by atoms with Crippen LogP contribution in [0.25, 0.3) is 21.9 Å². The van der Waals surface area contributed by atoms with E-state index in [0.717, 1.165) is 17.4 Å². The fourth-order valence-electron chi connectivity index (χ4n) is 2.85. The molecule has 3 rings (SSSR count). The summed E-state index contributed by atoms with van der Waals surface area (Å²) >= 11 is 0. The van der Waals surface area contributed by atoms with Crippen molar-refractivity contribution < 1.29 is 9.18 Å². The SMILES string of the molecule is CCCNC(=O)c1ncc2c(-c3cc(C)ccc3F)cccc2c1N. The van der Waals surface area contributed by atoms with Gasteiger partial charge in [0.25, 0.3) is 5.91 Å². The maximum Gasteiger partial charge on any atom is 0.272 e. The first-order valence-electron chi connectivity index (χ1n) is 8.24. The molecule has 0 bridgehead atoms. The van der Waals surface area contributed by atoms with Gasteiger partial charge in [-0.3, -0.25) is 4.79 Å². The number of nitrogen functional groups attached to an aromatic ring is 1. The molecule has 0 aliphatic rings. The second-order valence-electron chi connectivity index (χ2n) is 6.03. The summed E-state index contributed by atoms with van der Waals surface area (Å²) in [5.41, 5.74) is 8.86. The summed E-state index contributed by atoms with van der Waals surface area (Å²) in [5, 5.41) is 4.18. The summed E-state index contributed by atoms with van der Waals surface area (Å²) in [5.74, 6) is -0.602. The van der Waals surface area contributed by atoms with Crippen LogP contribution in [0.2, 0.25) is 0 Å². The molecule has 0 aliphatic heterocycles. The van der Waals surface area contributed by atoms with Crippen molar-refractivity contribution in [2.45, 2.75) is 20.3 Å². The molecule has 0 radical (unpaired) electrons. The predicted octanol–water partition coefficient (Wildman–Crippen LogP) is 4.07. The molecule has 0 saturated carbocycles. The fraction of sp³-hybridized carbons (Fsp3) is 0.200. The second kappa shape index (κ2) is 6.89. The number of nitrogens with one attached hydrogen (secondary N) is 1. The lowest BCUT2D eigenvalue weighted by Crippen LogP contribution is -2.26. The fourth-order valence-corrected chi connectivity index (χ4v) is 2.85. The van der Waals surface area contributed by atoms with E-state index >= 15 is 0 Å². The number of hydrogen-bond acceptors (Lipinski definition) is 3. The highest BCUT2D eigenvalue weighted by Gasteiger charge is 2.16. The molecular weight excluding hydrogens is 317 g/mol. The minimum Gasteiger partial charge on any atom is -0.396 e. The Hall–Kier alpha value is -2.95. The van der Waals surface area contributed by atoms with Gasteiger partial charge < -0.3 is 11.1 Å². The lowest BCUT2D eigenvalue weighted by Gasteiger charge is -2.12. The van der Waals surface area contributed by atoms with Gasteiger partial charge in [0.15, 0.2) is 5.69 Å². The summed E-state index contributed by atoms with van der Waals surface area (Å²) in [4.78, 5) is 16.4. The summed E-state index contributed by atoms with van der Waals surface area (Å²) in [6.45, 7) is 4.45. The van der Waals surface area contributed by atoms with Gasteiger partial charge in [0.1, 0.15) is 5.82 Å². The van der Waals surface area contributed by atoms with Crippen LogP contribution in [0.1, 0.15) is 29.4 Å². The van der Waals surface area contributed by atoms with Gasteiger partial charge in [-0.05, 0) is 31.0 Å². The molecule has 1 amide bonds. The minimum absolute atomic E-state index is 0.197. The van der Waals surface area contributed by atoms with E-state index in [4.69, 9.17) is 5.73 Å². The average molecular weight is 337 g/mol. The molecule has 4 nitrogen and oxygen atoms in total. The third-order valence-corrected chi connectivity index (χ3v) is 4.14. The second-order valence-corrected chi connectivity index (χ2v) is 6.03. The van der Waals surface area contributed by atoms with E-state index in [1.807, 2.05) is 32.0 Å². The van der Waals surface area contributed by atoms with Gasteiger partial charge in [-0.2, -0.15) is 0 Å². The third-order valence-electron chi connectivity index (χ3n) is 4.14. The van der Waals surface area contributed by atoms with Gasteiger partial charge in [0.2, 0.25) is 0 Å². The van der Waals surface area contributed by atoms with Crippen molar-refractivity contribution in [3.63, 3.8) is 0 Å². The number of benzene rings is 2. The number of aromatic nitrogens is 1. The predicted molar refractivity (Wildman–Crippen MR) is 98.9 cm³/mol. The third kappa shape index (κ3) is 3.18.